The highest BCUT2D eigenvalue weighted by Gasteiger charge is 2.07. The van der Waals surface area contributed by atoms with Crippen LogP contribution in [0.15, 0.2) is 58.1 Å². The summed E-state index contributed by atoms with van der Waals surface area (Å²) in [6.45, 7) is 0.168. The van der Waals surface area contributed by atoms with Gasteiger partial charge in [-0.15, -0.1) is 0 Å². The lowest BCUT2D eigenvalue weighted by molar-refractivity contribution is 0.595. The van der Waals surface area contributed by atoms with Crippen molar-refractivity contribution in [3.05, 3.63) is 75.0 Å². The molecule has 0 aliphatic rings. The van der Waals surface area contributed by atoms with Crippen LogP contribution in [0.25, 0.3) is 10.9 Å². The van der Waals surface area contributed by atoms with Gasteiger partial charge in [0, 0.05) is 10.0 Å². The molecular formula is C15H10BrFN2O. The van der Waals surface area contributed by atoms with Gasteiger partial charge in [0.1, 0.15) is 5.82 Å². The first-order valence-corrected chi connectivity index (χ1v) is 6.82. The van der Waals surface area contributed by atoms with Gasteiger partial charge >= 0.3 is 0 Å². The average Bonchev–Trinajstić information content (AvgIpc) is 2.45. The number of rotatable bonds is 2. The van der Waals surface area contributed by atoms with Gasteiger partial charge in [0.05, 0.1) is 23.8 Å². The Morgan fingerprint density at radius 1 is 1.20 bits per heavy atom. The molecule has 1 heterocycles. The SMILES string of the molecule is O=c1c2cc(Br)ccc2ncn1Cc1ccccc1F. The molecule has 2 aromatic carbocycles. The highest BCUT2D eigenvalue weighted by molar-refractivity contribution is 9.10. The number of nitrogens with zero attached hydrogens (tertiary/aromatic N) is 2. The van der Waals surface area contributed by atoms with Gasteiger partial charge < -0.3 is 0 Å². The van der Waals surface area contributed by atoms with Gasteiger partial charge in [-0.05, 0) is 24.3 Å². The molecule has 0 saturated carbocycles. The summed E-state index contributed by atoms with van der Waals surface area (Å²) >= 11 is 3.33. The van der Waals surface area contributed by atoms with Crippen molar-refractivity contribution in [2.45, 2.75) is 6.54 Å². The molecule has 3 aromatic rings. The lowest BCUT2D eigenvalue weighted by Crippen LogP contribution is -2.21. The Kier molecular flexibility index (Phi) is 3.36. The molecule has 0 atom stereocenters. The van der Waals surface area contributed by atoms with E-state index in [1.54, 1.807) is 30.3 Å². The van der Waals surface area contributed by atoms with Crippen LogP contribution in [0.2, 0.25) is 0 Å². The van der Waals surface area contributed by atoms with E-state index in [0.717, 1.165) is 4.47 Å². The van der Waals surface area contributed by atoms with E-state index in [9.17, 15) is 9.18 Å². The molecule has 1 aromatic heterocycles. The quantitative estimate of drug-likeness (QED) is 0.721. The van der Waals surface area contributed by atoms with Crippen LogP contribution in [0.5, 0.6) is 0 Å². The van der Waals surface area contributed by atoms with Crippen molar-refractivity contribution < 1.29 is 4.39 Å². The number of hydrogen-bond acceptors (Lipinski definition) is 2. The third-order valence-electron chi connectivity index (χ3n) is 3.08. The maximum absolute atomic E-state index is 13.6. The van der Waals surface area contributed by atoms with Gasteiger partial charge in [-0.25, -0.2) is 9.37 Å². The predicted octanol–water partition coefficient (Wildman–Crippen LogP) is 3.35. The Hall–Kier alpha value is -2.01. The number of fused-ring (bicyclic) bond motifs is 1. The molecule has 0 amide bonds. The van der Waals surface area contributed by atoms with Crippen LogP contribution in [-0.2, 0) is 6.54 Å². The minimum Gasteiger partial charge on any atom is -0.294 e. The van der Waals surface area contributed by atoms with Crippen molar-refractivity contribution in [3.8, 4) is 0 Å². The van der Waals surface area contributed by atoms with E-state index in [-0.39, 0.29) is 17.9 Å². The summed E-state index contributed by atoms with van der Waals surface area (Å²) < 4.78 is 15.9. The summed E-state index contributed by atoms with van der Waals surface area (Å²) in [5.74, 6) is -0.325. The summed E-state index contributed by atoms with van der Waals surface area (Å²) in [5, 5.41) is 0.512. The molecule has 0 N–H and O–H groups in total. The number of halogens is 2. The van der Waals surface area contributed by atoms with Crippen LogP contribution < -0.4 is 5.56 Å². The largest absolute Gasteiger partial charge is 0.294 e. The topological polar surface area (TPSA) is 34.9 Å². The highest BCUT2D eigenvalue weighted by Crippen LogP contribution is 2.15. The number of hydrogen-bond donors (Lipinski definition) is 0. The second-order valence-corrected chi connectivity index (χ2v) is 5.35. The predicted molar refractivity (Wildman–Crippen MR) is 79.2 cm³/mol. The molecule has 5 heteroatoms. The number of benzene rings is 2. The second kappa shape index (κ2) is 5.17. The van der Waals surface area contributed by atoms with E-state index >= 15 is 0 Å². The van der Waals surface area contributed by atoms with E-state index in [1.165, 1.54) is 17.0 Å². The molecule has 100 valence electrons. The Labute approximate surface area is 122 Å². The van der Waals surface area contributed by atoms with Gasteiger partial charge in [0.2, 0.25) is 0 Å². The van der Waals surface area contributed by atoms with Crippen molar-refractivity contribution in [2.24, 2.45) is 0 Å². The first kappa shape index (κ1) is 13.0. The molecule has 0 bridgehead atoms. The molecular weight excluding hydrogens is 323 g/mol. The first-order valence-electron chi connectivity index (χ1n) is 6.03. The van der Waals surface area contributed by atoms with Crippen LogP contribution in [0.3, 0.4) is 0 Å². The molecule has 0 saturated heterocycles. The van der Waals surface area contributed by atoms with Crippen LogP contribution in [0.4, 0.5) is 4.39 Å². The Balaban J connectivity index is 2.11. The molecule has 0 fully saturated rings. The third-order valence-corrected chi connectivity index (χ3v) is 3.58. The Morgan fingerprint density at radius 3 is 2.80 bits per heavy atom. The van der Waals surface area contributed by atoms with Gasteiger partial charge in [-0.1, -0.05) is 34.1 Å². The summed E-state index contributed by atoms with van der Waals surface area (Å²) in [6, 6.07) is 11.7. The van der Waals surface area contributed by atoms with E-state index in [2.05, 4.69) is 20.9 Å². The van der Waals surface area contributed by atoms with Crippen LogP contribution in [-0.4, -0.2) is 9.55 Å². The third kappa shape index (κ3) is 2.36. The molecule has 3 rings (SSSR count). The molecule has 0 aliphatic heterocycles. The summed E-state index contributed by atoms with van der Waals surface area (Å²) in [6.07, 6.45) is 1.45. The minimum absolute atomic E-state index is 0.168. The van der Waals surface area contributed by atoms with Crippen molar-refractivity contribution >= 4 is 26.8 Å². The maximum Gasteiger partial charge on any atom is 0.261 e. The average molecular weight is 333 g/mol. The van der Waals surface area contributed by atoms with Gasteiger partial charge in [0.15, 0.2) is 0 Å². The fraction of sp³-hybridized carbons (Fsp3) is 0.0667. The smallest absolute Gasteiger partial charge is 0.261 e. The fourth-order valence-electron chi connectivity index (χ4n) is 2.05. The van der Waals surface area contributed by atoms with Crippen LogP contribution in [0.1, 0.15) is 5.56 Å². The fourth-order valence-corrected chi connectivity index (χ4v) is 2.42. The molecule has 0 spiro atoms. The molecule has 3 nitrogen and oxygen atoms in total. The zero-order chi connectivity index (χ0) is 14.1. The zero-order valence-electron chi connectivity index (χ0n) is 10.4. The van der Waals surface area contributed by atoms with Crippen molar-refractivity contribution in [1.29, 1.82) is 0 Å². The van der Waals surface area contributed by atoms with Crippen LogP contribution >= 0.6 is 15.9 Å². The molecule has 0 unspecified atom stereocenters. The van der Waals surface area contributed by atoms with E-state index in [0.29, 0.717) is 16.5 Å². The monoisotopic (exact) mass is 332 g/mol. The Morgan fingerprint density at radius 2 is 2.00 bits per heavy atom. The lowest BCUT2D eigenvalue weighted by Gasteiger charge is -2.07. The van der Waals surface area contributed by atoms with E-state index < -0.39 is 0 Å². The standard InChI is InChI=1S/C15H10BrFN2O/c16-11-5-6-14-12(7-11)15(20)19(9-18-14)8-10-3-1-2-4-13(10)17/h1-7,9H,8H2. The van der Waals surface area contributed by atoms with E-state index in [4.69, 9.17) is 0 Å². The zero-order valence-corrected chi connectivity index (χ0v) is 12.0. The summed E-state index contributed by atoms with van der Waals surface area (Å²) in [5.41, 5.74) is 0.910. The van der Waals surface area contributed by atoms with Gasteiger partial charge in [0.25, 0.3) is 5.56 Å². The van der Waals surface area contributed by atoms with Crippen molar-refractivity contribution in [2.75, 3.05) is 0 Å². The first-order chi connectivity index (χ1) is 9.65. The Bertz CT molecular complexity index is 845. The maximum atomic E-state index is 13.6. The normalized spacial score (nSPS) is 10.9. The minimum atomic E-state index is -0.325. The molecule has 0 aliphatic carbocycles. The van der Waals surface area contributed by atoms with Crippen molar-refractivity contribution in [1.82, 2.24) is 9.55 Å². The number of aromatic nitrogens is 2. The lowest BCUT2D eigenvalue weighted by atomic mass is 10.2. The second-order valence-electron chi connectivity index (χ2n) is 4.43. The molecule has 20 heavy (non-hydrogen) atoms. The van der Waals surface area contributed by atoms with E-state index in [1.807, 2.05) is 6.07 Å². The van der Waals surface area contributed by atoms with Crippen molar-refractivity contribution in [3.63, 3.8) is 0 Å². The highest BCUT2D eigenvalue weighted by atomic mass is 79.9. The van der Waals surface area contributed by atoms with Crippen LogP contribution in [0, 0.1) is 5.82 Å². The molecule has 0 radical (unpaired) electrons. The summed E-state index contributed by atoms with van der Waals surface area (Å²) in [4.78, 5) is 16.6. The van der Waals surface area contributed by atoms with Gasteiger partial charge in [-0.3, -0.25) is 9.36 Å². The van der Waals surface area contributed by atoms with Gasteiger partial charge in [-0.2, -0.15) is 0 Å². The summed E-state index contributed by atoms with van der Waals surface area (Å²) in [7, 11) is 0.